The van der Waals surface area contributed by atoms with Crippen LogP contribution in [0.25, 0.3) is 0 Å². The Morgan fingerprint density at radius 3 is 2.45 bits per heavy atom. The second kappa shape index (κ2) is 10.2. The lowest BCUT2D eigenvalue weighted by Crippen LogP contribution is -2.49. The van der Waals surface area contributed by atoms with Crippen LogP contribution in [0.15, 0.2) is 12.7 Å². The first-order chi connectivity index (χ1) is 9.38. The van der Waals surface area contributed by atoms with Crippen molar-refractivity contribution in [3.63, 3.8) is 0 Å². The number of hydrazine groups is 1. The van der Waals surface area contributed by atoms with E-state index >= 15 is 0 Å². The average Bonchev–Trinajstić information content (AvgIpc) is 2.39. The fourth-order valence-corrected chi connectivity index (χ4v) is 1.85. The SMILES string of the molecule is C=CCSCC(NNC(=O)CCC(N)C(=O)O)C(=O)O. The van der Waals surface area contributed by atoms with Crippen LogP contribution in [0.1, 0.15) is 12.8 Å². The third kappa shape index (κ3) is 8.51. The van der Waals surface area contributed by atoms with Crippen molar-refractivity contribution in [1.29, 1.82) is 0 Å². The summed E-state index contributed by atoms with van der Waals surface area (Å²) in [7, 11) is 0. The zero-order valence-corrected chi connectivity index (χ0v) is 11.7. The van der Waals surface area contributed by atoms with Gasteiger partial charge in [-0.2, -0.15) is 11.8 Å². The molecule has 0 aliphatic heterocycles. The van der Waals surface area contributed by atoms with E-state index in [0.717, 1.165) is 0 Å². The van der Waals surface area contributed by atoms with Crippen LogP contribution < -0.4 is 16.6 Å². The summed E-state index contributed by atoms with van der Waals surface area (Å²) in [5.41, 5.74) is 9.86. The smallest absolute Gasteiger partial charge is 0.323 e. The standard InChI is InChI=1S/C11H19N3O5S/c1-2-5-20-6-8(11(18)19)13-14-9(15)4-3-7(12)10(16)17/h2,7-8,13H,1,3-6,12H2,(H,14,15)(H,16,17)(H,18,19). The Morgan fingerprint density at radius 1 is 1.30 bits per heavy atom. The maximum atomic E-state index is 11.4. The Labute approximate surface area is 120 Å². The molecule has 0 saturated carbocycles. The summed E-state index contributed by atoms with van der Waals surface area (Å²) in [5, 5.41) is 17.5. The first-order valence-electron chi connectivity index (χ1n) is 5.82. The van der Waals surface area contributed by atoms with E-state index in [1.54, 1.807) is 6.08 Å². The van der Waals surface area contributed by atoms with E-state index in [0.29, 0.717) is 5.75 Å². The molecular formula is C11H19N3O5S. The molecule has 0 spiro atoms. The van der Waals surface area contributed by atoms with Crippen LogP contribution >= 0.6 is 11.8 Å². The minimum Gasteiger partial charge on any atom is -0.480 e. The van der Waals surface area contributed by atoms with Gasteiger partial charge in [-0.05, 0) is 6.42 Å². The zero-order valence-electron chi connectivity index (χ0n) is 10.9. The highest BCUT2D eigenvalue weighted by Gasteiger charge is 2.18. The van der Waals surface area contributed by atoms with Crippen molar-refractivity contribution in [3.05, 3.63) is 12.7 Å². The van der Waals surface area contributed by atoms with E-state index in [4.69, 9.17) is 15.9 Å². The van der Waals surface area contributed by atoms with Gasteiger partial charge in [-0.1, -0.05) is 6.08 Å². The molecule has 114 valence electrons. The van der Waals surface area contributed by atoms with Gasteiger partial charge >= 0.3 is 11.9 Å². The Bertz CT molecular complexity index is 364. The Hall–Kier alpha value is -1.58. The molecule has 0 aliphatic rings. The van der Waals surface area contributed by atoms with Crippen molar-refractivity contribution in [2.45, 2.75) is 24.9 Å². The molecule has 0 aromatic heterocycles. The highest BCUT2D eigenvalue weighted by Crippen LogP contribution is 2.03. The van der Waals surface area contributed by atoms with Crippen LogP contribution in [0.3, 0.4) is 0 Å². The van der Waals surface area contributed by atoms with Crippen LogP contribution in [-0.2, 0) is 14.4 Å². The first kappa shape index (κ1) is 18.4. The van der Waals surface area contributed by atoms with Crippen LogP contribution in [0.2, 0.25) is 0 Å². The average molecular weight is 305 g/mol. The topological polar surface area (TPSA) is 142 Å². The molecule has 0 bridgehead atoms. The number of carbonyl (C=O) groups excluding carboxylic acids is 1. The fourth-order valence-electron chi connectivity index (χ4n) is 1.08. The largest absolute Gasteiger partial charge is 0.480 e. The van der Waals surface area contributed by atoms with E-state index < -0.39 is 29.9 Å². The second-order valence-corrected chi connectivity index (χ2v) is 4.97. The highest BCUT2D eigenvalue weighted by molar-refractivity contribution is 7.99. The van der Waals surface area contributed by atoms with Gasteiger partial charge in [0.25, 0.3) is 0 Å². The van der Waals surface area contributed by atoms with Crippen molar-refractivity contribution in [3.8, 4) is 0 Å². The van der Waals surface area contributed by atoms with E-state index in [1.165, 1.54) is 11.8 Å². The first-order valence-corrected chi connectivity index (χ1v) is 6.98. The minimum absolute atomic E-state index is 0.0220. The number of carbonyl (C=O) groups is 3. The van der Waals surface area contributed by atoms with Gasteiger partial charge < -0.3 is 15.9 Å². The number of nitrogens with one attached hydrogen (secondary N) is 2. The number of aliphatic carboxylic acids is 2. The molecule has 2 unspecified atom stereocenters. The van der Waals surface area contributed by atoms with Gasteiger partial charge in [0.1, 0.15) is 12.1 Å². The molecule has 0 heterocycles. The molecule has 0 fully saturated rings. The Balaban J connectivity index is 4.01. The van der Waals surface area contributed by atoms with E-state index in [-0.39, 0.29) is 18.6 Å². The van der Waals surface area contributed by atoms with Gasteiger partial charge in [0.2, 0.25) is 5.91 Å². The minimum atomic E-state index is -1.19. The van der Waals surface area contributed by atoms with Crippen LogP contribution in [-0.4, -0.2) is 51.6 Å². The van der Waals surface area contributed by atoms with Crippen molar-refractivity contribution in [1.82, 2.24) is 10.9 Å². The third-order valence-electron chi connectivity index (χ3n) is 2.20. The molecule has 8 nitrogen and oxygen atoms in total. The summed E-state index contributed by atoms with van der Waals surface area (Å²) >= 11 is 1.35. The molecule has 0 radical (unpaired) electrons. The number of hydrogen-bond donors (Lipinski definition) is 5. The number of rotatable bonds is 11. The summed E-state index contributed by atoms with van der Waals surface area (Å²) in [4.78, 5) is 32.8. The van der Waals surface area contributed by atoms with Crippen LogP contribution in [0, 0.1) is 0 Å². The number of thioether (sulfide) groups is 1. The number of hydrogen-bond acceptors (Lipinski definition) is 6. The maximum Gasteiger partial charge on any atom is 0.323 e. The summed E-state index contributed by atoms with van der Waals surface area (Å²) in [6, 6.07) is -2.05. The van der Waals surface area contributed by atoms with Crippen molar-refractivity contribution < 1.29 is 24.6 Å². The Morgan fingerprint density at radius 2 is 1.95 bits per heavy atom. The van der Waals surface area contributed by atoms with Crippen LogP contribution in [0.4, 0.5) is 0 Å². The predicted molar refractivity (Wildman–Crippen MR) is 75.1 cm³/mol. The summed E-state index contributed by atoms with van der Waals surface area (Å²) in [5.74, 6) is -1.93. The lowest BCUT2D eigenvalue weighted by molar-refractivity contribution is -0.139. The van der Waals surface area contributed by atoms with Crippen molar-refractivity contribution >= 4 is 29.6 Å². The van der Waals surface area contributed by atoms with E-state index in [2.05, 4.69) is 17.4 Å². The highest BCUT2D eigenvalue weighted by atomic mass is 32.2. The molecule has 0 aromatic carbocycles. The second-order valence-electron chi connectivity index (χ2n) is 3.89. The molecular weight excluding hydrogens is 286 g/mol. The lowest BCUT2D eigenvalue weighted by atomic mass is 10.2. The van der Waals surface area contributed by atoms with Crippen molar-refractivity contribution in [2.75, 3.05) is 11.5 Å². The number of nitrogens with two attached hydrogens (primary N) is 1. The van der Waals surface area contributed by atoms with Crippen LogP contribution in [0.5, 0.6) is 0 Å². The molecule has 0 aliphatic carbocycles. The summed E-state index contributed by atoms with van der Waals surface area (Å²) in [6.45, 7) is 3.51. The quantitative estimate of drug-likeness (QED) is 0.189. The number of carboxylic acid groups (broad SMARTS) is 2. The van der Waals surface area contributed by atoms with Gasteiger partial charge in [-0.15, -0.1) is 6.58 Å². The van der Waals surface area contributed by atoms with E-state index in [1.807, 2.05) is 0 Å². The Kier molecular flexibility index (Phi) is 9.43. The molecule has 0 rings (SSSR count). The fraction of sp³-hybridized carbons (Fsp3) is 0.545. The summed E-state index contributed by atoms with van der Waals surface area (Å²) in [6.07, 6.45) is 1.52. The predicted octanol–water partition coefficient (Wildman–Crippen LogP) is -0.828. The number of amides is 1. The molecule has 6 N–H and O–H groups in total. The molecule has 9 heteroatoms. The molecule has 2 atom stereocenters. The number of carboxylic acids is 2. The summed E-state index contributed by atoms with van der Waals surface area (Å²) < 4.78 is 0. The van der Waals surface area contributed by atoms with Gasteiger partial charge in [0, 0.05) is 17.9 Å². The lowest BCUT2D eigenvalue weighted by Gasteiger charge is -2.15. The van der Waals surface area contributed by atoms with Gasteiger partial charge in [-0.25, -0.2) is 5.43 Å². The zero-order chi connectivity index (χ0) is 15.5. The molecule has 0 aromatic rings. The molecule has 1 amide bonds. The van der Waals surface area contributed by atoms with Gasteiger partial charge in [0.15, 0.2) is 0 Å². The molecule has 20 heavy (non-hydrogen) atoms. The van der Waals surface area contributed by atoms with E-state index in [9.17, 15) is 14.4 Å². The molecule has 0 saturated heterocycles. The monoisotopic (exact) mass is 305 g/mol. The maximum absolute atomic E-state index is 11.4. The van der Waals surface area contributed by atoms with Gasteiger partial charge in [-0.3, -0.25) is 19.8 Å². The van der Waals surface area contributed by atoms with Gasteiger partial charge in [0.05, 0.1) is 0 Å². The van der Waals surface area contributed by atoms with Crippen molar-refractivity contribution in [2.24, 2.45) is 5.73 Å². The third-order valence-corrected chi connectivity index (χ3v) is 3.24. The normalized spacial score (nSPS) is 13.2.